The predicted molar refractivity (Wildman–Crippen MR) is 112 cm³/mol. The molecular formula is C22H22ClN3O3. The van der Waals surface area contributed by atoms with E-state index in [1.165, 1.54) is 19.3 Å². The lowest BCUT2D eigenvalue weighted by atomic mass is 10.1. The van der Waals surface area contributed by atoms with Gasteiger partial charge in [0.1, 0.15) is 19.0 Å². The van der Waals surface area contributed by atoms with Crippen LogP contribution in [0.2, 0.25) is 5.02 Å². The molecule has 0 unspecified atom stereocenters. The number of carbonyl (C=O) groups is 1. The van der Waals surface area contributed by atoms with Crippen LogP contribution in [-0.2, 0) is 24.2 Å². The first-order chi connectivity index (χ1) is 14.2. The Kier molecular flexibility index (Phi) is 4.79. The number of fused-ring (bicyclic) bond motifs is 4. The van der Waals surface area contributed by atoms with E-state index in [1.54, 1.807) is 6.07 Å². The van der Waals surface area contributed by atoms with E-state index < -0.39 is 0 Å². The van der Waals surface area contributed by atoms with Gasteiger partial charge in [-0.1, -0.05) is 18.0 Å². The molecule has 2 aliphatic rings. The molecule has 29 heavy (non-hydrogen) atoms. The van der Waals surface area contributed by atoms with Crippen LogP contribution in [0.5, 0.6) is 11.5 Å². The lowest BCUT2D eigenvalue weighted by Crippen LogP contribution is -2.17. The number of hydrogen-bond donors (Lipinski definition) is 1. The Balaban J connectivity index is 1.33. The van der Waals surface area contributed by atoms with E-state index in [0.717, 1.165) is 41.1 Å². The molecule has 0 spiro atoms. The molecule has 0 atom stereocenters. The van der Waals surface area contributed by atoms with Crippen molar-refractivity contribution in [1.82, 2.24) is 9.55 Å². The van der Waals surface area contributed by atoms with Crippen LogP contribution in [0.3, 0.4) is 0 Å². The highest BCUT2D eigenvalue weighted by atomic mass is 35.5. The molecule has 150 valence electrons. The van der Waals surface area contributed by atoms with Gasteiger partial charge in [0.15, 0.2) is 11.5 Å². The number of hydrogen-bond acceptors (Lipinski definition) is 4. The quantitative estimate of drug-likeness (QED) is 0.695. The number of halogens is 1. The molecule has 0 radical (unpaired) electrons. The Labute approximate surface area is 173 Å². The molecule has 0 bridgehead atoms. The third kappa shape index (κ3) is 3.65. The van der Waals surface area contributed by atoms with Crippen molar-refractivity contribution in [1.29, 1.82) is 0 Å². The molecular weight excluding hydrogens is 390 g/mol. The van der Waals surface area contributed by atoms with Gasteiger partial charge in [-0.3, -0.25) is 4.79 Å². The fourth-order valence-corrected chi connectivity index (χ4v) is 4.37. The molecule has 3 aromatic rings. The monoisotopic (exact) mass is 411 g/mol. The van der Waals surface area contributed by atoms with Gasteiger partial charge >= 0.3 is 0 Å². The van der Waals surface area contributed by atoms with Crippen LogP contribution in [0.15, 0.2) is 30.3 Å². The summed E-state index contributed by atoms with van der Waals surface area (Å²) < 4.78 is 13.4. The number of aryl methyl sites for hydroxylation is 2. The fourth-order valence-electron chi connectivity index (χ4n) is 4.08. The first-order valence-corrected chi connectivity index (χ1v) is 10.4. The van der Waals surface area contributed by atoms with Gasteiger partial charge in [0.2, 0.25) is 5.91 Å². The summed E-state index contributed by atoms with van der Waals surface area (Å²) in [6.07, 6.45) is 4.85. The summed E-state index contributed by atoms with van der Waals surface area (Å²) in [5.74, 6) is 2.17. The van der Waals surface area contributed by atoms with Gasteiger partial charge in [0.05, 0.1) is 22.5 Å². The van der Waals surface area contributed by atoms with Crippen molar-refractivity contribution in [3.8, 4) is 11.5 Å². The second-order valence-electron chi connectivity index (χ2n) is 7.52. The average Bonchev–Trinajstić information content (AvgIpc) is 2.88. The molecule has 0 aliphatic carbocycles. The summed E-state index contributed by atoms with van der Waals surface area (Å²) in [6, 6.07) is 9.51. The second-order valence-corrected chi connectivity index (χ2v) is 7.93. The lowest BCUT2D eigenvalue weighted by Gasteiger charge is -2.20. The molecule has 0 saturated carbocycles. The number of benzene rings is 2. The number of nitrogens with zero attached hydrogens (tertiary/aromatic N) is 2. The Morgan fingerprint density at radius 3 is 2.97 bits per heavy atom. The van der Waals surface area contributed by atoms with Gasteiger partial charge in [0, 0.05) is 18.7 Å². The standard InChI is InChI=1S/C22H22ClN3O3/c23-16-10-14(11-19-22(16)29-9-8-28-19)12-21(27)24-15-5-6-18-17(13-15)25-20-4-2-1-3-7-26(18)20/h5-6,10-11,13H,1-4,7-9,12H2,(H,24,27). The van der Waals surface area contributed by atoms with E-state index in [4.69, 9.17) is 26.1 Å². The molecule has 2 aliphatic heterocycles. The van der Waals surface area contributed by atoms with Crippen molar-refractivity contribution in [2.75, 3.05) is 18.5 Å². The summed E-state index contributed by atoms with van der Waals surface area (Å²) in [5, 5.41) is 3.44. The number of amides is 1. The van der Waals surface area contributed by atoms with Crippen molar-refractivity contribution in [2.24, 2.45) is 0 Å². The van der Waals surface area contributed by atoms with Crippen molar-refractivity contribution in [2.45, 2.75) is 38.6 Å². The minimum absolute atomic E-state index is 0.113. The van der Waals surface area contributed by atoms with E-state index in [-0.39, 0.29) is 12.3 Å². The predicted octanol–water partition coefficient (Wildman–Crippen LogP) is 4.37. The first kappa shape index (κ1) is 18.3. The maximum atomic E-state index is 12.6. The van der Waals surface area contributed by atoms with Crippen molar-refractivity contribution >= 4 is 34.2 Å². The molecule has 0 fully saturated rings. The lowest BCUT2D eigenvalue weighted by molar-refractivity contribution is -0.115. The average molecular weight is 412 g/mol. The number of aromatic nitrogens is 2. The minimum atomic E-state index is -0.113. The highest BCUT2D eigenvalue weighted by molar-refractivity contribution is 6.32. The smallest absolute Gasteiger partial charge is 0.228 e. The summed E-state index contributed by atoms with van der Waals surface area (Å²) in [5.41, 5.74) is 3.60. The number of anilines is 1. The van der Waals surface area contributed by atoms with Gasteiger partial charge < -0.3 is 19.4 Å². The maximum absolute atomic E-state index is 12.6. The summed E-state index contributed by atoms with van der Waals surface area (Å²) in [7, 11) is 0. The van der Waals surface area contributed by atoms with Crippen molar-refractivity contribution < 1.29 is 14.3 Å². The molecule has 6 nitrogen and oxygen atoms in total. The minimum Gasteiger partial charge on any atom is -0.486 e. The maximum Gasteiger partial charge on any atom is 0.228 e. The molecule has 5 rings (SSSR count). The summed E-state index contributed by atoms with van der Waals surface area (Å²) >= 11 is 6.27. The van der Waals surface area contributed by atoms with Crippen molar-refractivity contribution in [3.05, 3.63) is 46.7 Å². The van der Waals surface area contributed by atoms with Gasteiger partial charge in [-0.2, -0.15) is 0 Å². The topological polar surface area (TPSA) is 65.4 Å². The van der Waals surface area contributed by atoms with E-state index in [1.807, 2.05) is 24.3 Å². The molecule has 7 heteroatoms. The van der Waals surface area contributed by atoms with E-state index in [9.17, 15) is 4.79 Å². The van der Waals surface area contributed by atoms with E-state index in [2.05, 4.69) is 9.88 Å². The Hall–Kier alpha value is -2.73. The number of ether oxygens (including phenoxy) is 2. The second kappa shape index (κ2) is 7.59. The highest BCUT2D eigenvalue weighted by Gasteiger charge is 2.18. The van der Waals surface area contributed by atoms with Crippen LogP contribution in [0, 0.1) is 0 Å². The largest absolute Gasteiger partial charge is 0.486 e. The Bertz CT molecular complexity index is 1090. The number of nitrogens with one attached hydrogen (secondary N) is 1. The van der Waals surface area contributed by atoms with E-state index >= 15 is 0 Å². The molecule has 0 saturated heterocycles. The van der Waals surface area contributed by atoms with Crippen LogP contribution < -0.4 is 14.8 Å². The number of rotatable bonds is 3. The van der Waals surface area contributed by atoms with Crippen LogP contribution in [0.1, 0.15) is 30.7 Å². The Morgan fingerprint density at radius 2 is 2.03 bits per heavy atom. The SMILES string of the molecule is O=C(Cc1cc(Cl)c2c(c1)OCCO2)Nc1ccc2c(c1)nc1n2CCCCC1. The normalized spacial score (nSPS) is 15.6. The Morgan fingerprint density at radius 1 is 1.14 bits per heavy atom. The van der Waals surface area contributed by atoms with Gasteiger partial charge in [-0.15, -0.1) is 0 Å². The zero-order valence-electron chi connectivity index (χ0n) is 16.0. The van der Waals surface area contributed by atoms with Crippen LogP contribution in [-0.4, -0.2) is 28.7 Å². The fraction of sp³-hybridized carbons (Fsp3) is 0.364. The zero-order valence-corrected chi connectivity index (χ0v) is 16.8. The van der Waals surface area contributed by atoms with Crippen LogP contribution in [0.4, 0.5) is 5.69 Å². The molecule has 1 N–H and O–H groups in total. The first-order valence-electron chi connectivity index (χ1n) is 10.0. The van der Waals surface area contributed by atoms with Gasteiger partial charge in [0.25, 0.3) is 0 Å². The number of imidazole rings is 1. The third-order valence-corrected chi connectivity index (χ3v) is 5.70. The summed E-state index contributed by atoms with van der Waals surface area (Å²) in [6.45, 7) is 1.97. The van der Waals surface area contributed by atoms with Crippen LogP contribution >= 0.6 is 11.6 Å². The molecule has 1 amide bonds. The number of carbonyl (C=O) groups excluding carboxylic acids is 1. The highest BCUT2D eigenvalue weighted by Crippen LogP contribution is 2.38. The molecule has 3 heterocycles. The third-order valence-electron chi connectivity index (χ3n) is 5.41. The molecule has 1 aromatic heterocycles. The van der Waals surface area contributed by atoms with Gasteiger partial charge in [-0.25, -0.2) is 4.98 Å². The molecule has 2 aromatic carbocycles. The van der Waals surface area contributed by atoms with Crippen LogP contribution in [0.25, 0.3) is 11.0 Å². The van der Waals surface area contributed by atoms with E-state index in [0.29, 0.717) is 29.7 Å². The van der Waals surface area contributed by atoms with Crippen molar-refractivity contribution in [3.63, 3.8) is 0 Å². The van der Waals surface area contributed by atoms with Gasteiger partial charge in [-0.05, 0) is 48.7 Å². The zero-order chi connectivity index (χ0) is 19.8. The summed E-state index contributed by atoms with van der Waals surface area (Å²) in [4.78, 5) is 17.4.